The van der Waals surface area contributed by atoms with Gasteiger partial charge in [-0.05, 0) is 63.7 Å². The van der Waals surface area contributed by atoms with Crippen LogP contribution in [0.3, 0.4) is 0 Å². The van der Waals surface area contributed by atoms with Crippen LogP contribution < -0.4 is 0 Å². The molecule has 1 unspecified atom stereocenters. The second-order valence-electron chi connectivity index (χ2n) is 6.73. The fourth-order valence-corrected chi connectivity index (χ4v) is 3.47. The van der Waals surface area contributed by atoms with Crippen LogP contribution in [0.1, 0.15) is 29.6 Å². The summed E-state index contributed by atoms with van der Waals surface area (Å²) in [7, 11) is 2.12. The lowest BCUT2D eigenvalue weighted by Gasteiger charge is -2.38. The first-order chi connectivity index (χ1) is 11.1. The predicted molar refractivity (Wildman–Crippen MR) is 86.9 cm³/mol. The van der Waals surface area contributed by atoms with Gasteiger partial charge in [-0.25, -0.2) is 4.39 Å². The summed E-state index contributed by atoms with van der Waals surface area (Å²) in [5.74, 6) is 0.127. The van der Waals surface area contributed by atoms with Crippen LogP contribution in [0.4, 0.5) is 4.39 Å². The molecule has 2 aliphatic heterocycles. The molecule has 23 heavy (non-hydrogen) atoms. The lowest BCUT2D eigenvalue weighted by Crippen LogP contribution is -2.48. The van der Waals surface area contributed by atoms with Crippen molar-refractivity contribution in [2.45, 2.75) is 25.3 Å². The monoisotopic (exact) mass is 320 g/mol. The van der Waals surface area contributed by atoms with Gasteiger partial charge in [-0.2, -0.15) is 0 Å². The Hall–Kier alpha value is -1.46. The zero-order chi connectivity index (χ0) is 16.2. The van der Waals surface area contributed by atoms with Crippen LogP contribution in [0, 0.1) is 11.7 Å². The summed E-state index contributed by atoms with van der Waals surface area (Å²) >= 11 is 0. The normalized spacial score (nSPS) is 23.1. The molecule has 2 heterocycles. The molecule has 1 aromatic rings. The summed E-state index contributed by atoms with van der Waals surface area (Å²) in [5.41, 5.74) is 0.573. The molecule has 0 saturated carbocycles. The van der Waals surface area contributed by atoms with E-state index >= 15 is 0 Å². The number of likely N-dealkylation sites (tertiary alicyclic amines) is 1. The number of halogens is 1. The van der Waals surface area contributed by atoms with E-state index in [4.69, 9.17) is 4.74 Å². The molecule has 1 aromatic carbocycles. The second kappa shape index (κ2) is 7.41. The number of rotatable bonds is 4. The Labute approximate surface area is 137 Å². The molecule has 1 atom stereocenters. The minimum absolute atomic E-state index is 0.0199. The van der Waals surface area contributed by atoms with Crippen molar-refractivity contribution in [3.8, 4) is 0 Å². The maximum atomic E-state index is 13.1. The average molecular weight is 320 g/mol. The van der Waals surface area contributed by atoms with Gasteiger partial charge in [0.2, 0.25) is 0 Å². The Kier molecular flexibility index (Phi) is 5.28. The quantitative estimate of drug-likeness (QED) is 0.854. The Bertz CT molecular complexity index is 520. The number of ether oxygens (including phenoxy) is 1. The van der Waals surface area contributed by atoms with E-state index in [1.165, 1.54) is 12.1 Å². The van der Waals surface area contributed by atoms with E-state index < -0.39 is 0 Å². The van der Waals surface area contributed by atoms with E-state index in [1.54, 1.807) is 12.1 Å². The van der Waals surface area contributed by atoms with Crippen molar-refractivity contribution in [2.75, 3.05) is 39.9 Å². The molecule has 0 aromatic heterocycles. The van der Waals surface area contributed by atoms with Crippen LogP contribution >= 0.6 is 0 Å². The van der Waals surface area contributed by atoms with Gasteiger partial charge < -0.3 is 14.5 Å². The van der Waals surface area contributed by atoms with Crippen LogP contribution in [0.5, 0.6) is 0 Å². The van der Waals surface area contributed by atoms with E-state index in [2.05, 4.69) is 11.9 Å². The fourth-order valence-electron chi connectivity index (χ4n) is 3.47. The van der Waals surface area contributed by atoms with Crippen LogP contribution in [0.2, 0.25) is 0 Å². The number of piperidine rings is 1. The molecule has 126 valence electrons. The number of benzene rings is 1. The van der Waals surface area contributed by atoms with E-state index in [0.717, 1.165) is 52.1 Å². The predicted octanol–water partition coefficient (Wildman–Crippen LogP) is 2.40. The average Bonchev–Trinajstić information content (AvgIpc) is 3.07. The molecular weight excluding hydrogens is 295 g/mol. The molecule has 0 spiro atoms. The third-order valence-corrected chi connectivity index (χ3v) is 4.96. The lowest BCUT2D eigenvalue weighted by molar-refractivity contribution is 0.0536. The largest absolute Gasteiger partial charge is 0.381 e. The zero-order valence-corrected chi connectivity index (χ0v) is 13.7. The Morgan fingerprint density at radius 3 is 2.57 bits per heavy atom. The summed E-state index contributed by atoms with van der Waals surface area (Å²) in [6.45, 7) is 4.29. The minimum atomic E-state index is -0.309. The maximum Gasteiger partial charge on any atom is 0.254 e. The van der Waals surface area contributed by atoms with Crippen LogP contribution in [-0.4, -0.2) is 61.6 Å². The van der Waals surface area contributed by atoms with Crippen LogP contribution in [0.15, 0.2) is 24.3 Å². The summed E-state index contributed by atoms with van der Waals surface area (Å²) in [6, 6.07) is 6.16. The highest BCUT2D eigenvalue weighted by Crippen LogP contribution is 2.23. The van der Waals surface area contributed by atoms with Gasteiger partial charge in [0.1, 0.15) is 5.82 Å². The number of carbonyl (C=O) groups excluding carboxylic acids is 1. The third kappa shape index (κ3) is 4.09. The highest BCUT2D eigenvalue weighted by molar-refractivity contribution is 5.94. The van der Waals surface area contributed by atoms with E-state index in [-0.39, 0.29) is 17.8 Å². The molecule has 2 aliphatic rings. The van der Waals surface area contributed by atoms with Gasteiger partial charge in [0.05, 0.1) is 6.61 Å². The lowest BCUT2D eigenvalue weighted by atomic mass is 9.99. The Morgan fingerprint density at radius 1 is 1.26 bits per heavy atom. The highest BCUT2D eigenvalue weighted by Gasteiger charge is 2.30. The van der Waals surface area contributed by atoms with Gasteiger partial charge in [0, 0.05) is 30.7 Å². The van der Waals surface area contributed by atoms with Gasteiger partial charge in [0.15, 0.2) is 0 Å². The smallest absolute Gasteiger partial charge is 0.254 e. The maximum absolute atomic E-state index is 13.1. The number of hydrogen-bond donors (Lipinski definition) is 0. The van der Waals surface area contributed by atoms with Crippen molar-refractivity contribution in [3.05, 3.63) is 35.6 Å². The van der Waals surface area contributed by atoms with Crippen LogP contribution in [-0.2, 0) is 4.74 Å². The van der Waals surface area contributed by atoms with Gasteiger partial charge in [-0.3, -0.25) is 4.79 Å². The first kappa shape index (κ1) is 16.4. The minimum Gasteiger partial charge on any atom is -0.381 e. The molecule has 4 nitrogen and oxygen atoms in total. The molecule has 0 N–H and O–H groups in total. The first-order valence-corrected chi connectivity index (χ1v) is 8.46. The zero-order valence-electron chi connectivity index (χ0n) is 13.7. The van der Waals surface area contributed by atoms with Crippen molar-refractivity contribution in [2.24, 2.45) is 5.92 Å². The summed E-state index contributed by atoms with van der Waals surface area (Å²) in [6.07, 6.45) is 3.01. The van der Waals surface area contributed by atoms with Crippen molar-refractivity contribution >= 4 is 5.91 Å². The van der Waals surface area contributed by atoms with Crippen molar-refractivity contribution in [1.29, 1.82) is 0 Å². The standard InChI is InChI=1S/C18H25FN2O2/c1-20-9-6-17(7-10-20)21(12-14-8-11-23-13-14)18(22)15-2-4-16(19)5-3-15/h2-5,14,17H,6-13H2,1H3. The van der Waals surface area contributed by atoms with Crippen LogP contribution in [0.25, 0.3) is 0 Å². The van der Waals surface area contributed by atoms with Gasteiger partial charge in [0.25, 0.3) is 5.91 Å². The first-order valence-electron chi connectivity index (χ1n) is 8.46. The molecule has 0 radical (unpaired) electrons. The van der Waals surface area contributed by atoms with E-state index in [0.29, 0.717) is 11.5 Å². The van der Waals surface area contributed by atoms with Crippen molar-refractivity contribution < 1.29 is 13.9 Å². The molecule has 2 saturated heterocycles. The van der Waals surface area contributed by atoms with E-state index in [9.17, 15) is 9.18 Å². The Balaban J connectivity index is 1.75. The molecule has 2 fully saturated rings. The fraction of sp³-hybridized carbons (Fsp3) is 0.611. The van der Waals surface area contributed by atoms with Gasteiger partial charge in [-0.1, -0.05) is 0 Å². The highest BCUT2D eigenvalue weighted by atomic mass is 19.1. The third-order valence-electron chi connectivity index (χ3n) is 4.96. The summed E-state index contributed by atoms with van der Waals surface area (Å²) in [5, 5.41) is 0. The number of hydrogen-bond acceptors (Lipinski definition) is 3. The topological polar surface area (TPSA) is 32.8 Å². The summed E-state index contributed by atoms with van der Waals surface area (Å²) in [4.78, 5) is 17.3. The number of nitrogens with zero attached hydrogens (tertiary/aromatic N) is 2. The summed E-state index contributed by atoms with van der Waals surface area (Å²) < 4.78 is 18.6. The SMILES string of the molecule is CN1CCC(N(CC2CCOC2)C(=O)c2ccc(F)cc2)CC1. The van der Waals surface area contributed by atoms with Crippen molar-refractivity contribution in [3.63, 3.8) is 0 Å². The molecular formula is C18H25FN2O2. The van der Waals surface area contributed by atoms with Gasteiger partial charge >= 0.3 is 0 Å². The van der Waals surface area contributed by atoms with E-state index in [1.807, 2.05) is 4.90 Å². The number of amides is 1. The second-order valence-corrected chi connectivity index (χ2v) is 6.73. The Morgan fingerprint density at radius 2 is 1.96 bits per heavy atom. The molecule has 0 aliphatic carbocycles. The molecule has 1 amide bonds. The molecule has 0 bridgehead atoms. The van der Waals surface area contributed by atoms with Gasteiger partial charge in [-0.15, -0.1) is 0 Å². The molecule has 3 rings (SSSR count). The molecule has 5 heteroatoms. The van der Waals surface area contributed by atoms with Crippen molar-refractivity contribution in [1.82, 2.24) is 9.80 Å². The number of carbonyl (C=O) groups is 1.